The van der Waals surface area contributed by atoms with Crippen LogP contribution >= 0.6 is 0 Å². The number of aryl methyl sites for hydroxylation is 1. The molecule has 0 spiro atoms. The molecule has 0 unspecified atom stereocenters. The van der Waals surface area contributed by atoms with Crippen molar-refractivity contribution in [1.82, 2.24) is 9.97 Å². The van der Waals surface area contributed by atoms with Gasteiger partial charge < -0.3 is 9.47 Å². The van der Waals surface area contributed by atoms with Crippen LogP contribution in [0.15, 0.2) is 28.1 Å². The highest BCUT2D eigenvalue weighted by atomic mass is 16.6. The Morgan fingerprint density at radius 3 is 2.69 bits per heavy atom. The molecule has 2 N–H and O–H groups in total. The van der Waals surface area contributed by atoms with E-state index in [1.807, 2.05) is 0 Å². The molecule has 0 amide bonds. The number of nitro groups is 1. The van der Waals surface area contributed by atoms with E-state index in [0.29, 0.717) is 11.3 Å². The van der Waals surface area contributed by atoms with Gasteiger partial charge >= 0.3 is 5.69 Å². The zero-order valence-corrected chi connectivity index (χ0v) is 14.8. The van der Waals surface area contributed by atoms with Crippen molar-refractivity contribution in [2.75, 3.05) is 12.5 Å². The van der Waals surface area contributed by atoms with Gasteiger partial charge in [-0.2, -0.15) is 5.10 Å². The van der Waals surface area contributed by atoms with E-state index < -0.39 is 4.92 Å². The highest BCUT2D eigenvalue weighted by Gasteiger charge is 2.22. The number of aromatic nitrogens is 2. The molecule has 0 bridgehead atoms. The number of rotatable bonds is 7. The SMILES string of the molecule is COc1cc(/C=N\Nc2nc(C)cc(=O)[nH]2)cc([N+](=O)[O-])c1OC(C)C. The standard InChI is InChI=1S/C16H19N5O5/c1-9(2)26-15-12(21(23)24)6-11(7-13(15)25-4)8-17-20-16-18-10(3)5-14(22)19-16/h5-9H,1-4H3,(H2,18,19,20,22)/b17-8-. The molecule has 10 nitrogen and oxygen atoms in total. The summed E-state index contributed by atoms with van der Waals surface area (Å²) in [6.07, 6.45) is 1.09. The van der Waals surface area contributed by atoms with Crippen molar-refractivity contribution in [3.63, 3.8) is 0 Å². The summed E-state index contributed by atoms with van der Waals surface area (Å²) in [6, 6.07) is 4.22. The first-order chi connectivity index (χ1) is 12.3. The summed E-state index contributed by atoms with van der Waals surface area (Å²) in [5.74, 6) is 0.436. The van der Waals surface area contributed by atoms with Gasteiger partial charge in [-0.25, -0.2) is 10.4 Å². The third kappa shape index (κ3) is 4.79. The van der Waals surface area contributed by atoms with Crippen LogP contribution in [0.1, 0.15) is 25.1 Å². The van der Waals surface area contributed by atoms with E-state index in [0.717, 1.165) is 0 Å². The summed E-state index contributed by atoms with van der Waals surface area (Å²) in [4.78, 5) is 28.7. The van der Waals surface area contributed by atoms with Gasteiger partial charge in [0.2, 0.25) is 11.7 Å². The lowest BCUT2D eigenvalue weighted by atomic mass is 10.2. The number of hydrogen-bond acceptors (Lipinski definition) is 8. The second-order valence-electron chi connectivity index (χ2n) is 5.60. The maximum atomic E-state index is 11.4. The number of nitro benzene ring substituents is 1. The van der Waals surface area contributed by atoms with E-state index in [2.05, 4.69) is 20.5 Å². The molecule has 0 radical (unpaired) electrons. The Hall–Kier alpha value is -3.43. The minimum Gasteiger partial charge on any atom is -0.493 e. The summed E-state index contributed by atoms with van der Waals surface area (Å²) in [5.41, 5.74) is 2.95. The lowest BCUT2D eigenvalue weighted by Crippen LogP contribution is -2.10. The van der Waals surface area contributed by atoms with Gasteiger partial charge in [-0.05, 0) is 26.8 Å². The molecule has 138 valence electrons. The summed E-state index contributed by atoms with van der Waals surface area (Å²) in [6.45, 7) is 5.20. The summed E-state index contributed by atoms with van der Waals surface area (Å²) in [5, 5.41) is 15.3. The van der Waals surface area contributed by atoms with Gasteiger partial charge in [0.25, 0.3) is 5.56 Å². The van der Waals surface area contributed by atoms with Crippen molar-refractivity contribution in [2.45, 2.75) is 26.9 Å². The smallest absolute Gasteiger partial charge is 0.315 e. The number of aromatic amines is 1. The predicted octanol–water partition coefficient (Wildman–Crippen LogP) is 2.23. The van der Waals surface area contributed by atoms with Crippen LogP contribution in [0.2, 0.25) is 0 Å². The van der Waals surface area contributed by atoms with E-state index in [-0.39, 0.29) is 34.8 Å². The van der Waals surface area contributed by atoms with Crippen LogP contribution in [0.3, 0.4) is 0 Å². The van der Waals surface area contributed by atoms with E-state index in [1.54, 1.807) is 26.8 Å². The fourth-order valence-electron chi connectivity index (χ4n) is 2.12. The molecule has 1 aromatic carbocycles. The molecule has 2 rings (SSSR count). The summed E-state index contributed by atoms with van der Waals surface area (Å²) in [7, 11) is 1.40. The van der Waals surface area contributed by atoms with Crippen LogP contribution in [0.25, 0.3) is 0 Å². The molecular formula is C16H19N5O5. The van der Waals surface area contributed by atoms with Crippen LogP contribution in [0, 0.1) is 17.0 Å². The van der Waals surface area contributed by atoms with Crippen molar-refractivity contribution in [3.8, 4) is 11.5 Å². The summed E-state index contributed by atoms with van der Waals surface area (Å²) < 4.78 is 10.7. The molecule has 0 fully saturated rings. The van der Waals surface area contributed by atoms with Crippen molar-refractivity contribution < 1.29 is 14.4 Å². The number of nitrogens with zero attached hydrogens (tertiary/aromatic N) is 3. The molecule has 0 atom stereocenters. The van der Waals surface area contributed by atoms with E-state index >= 15 is 0 Å². The number of ether oxygens (including phenoxy) is 2. The fraction of sp³-hybridized carbons (Fsp3) is 0.312. The maximum absolute atomic E-state index is 11.4. The first-order valence-electron chi connectivity index (χ1n) is 7.70. The topological polar surface area (TPSA) is 132 Å². The Bertz CT molecular complexity index is 891. The molecule has 0 saturated carbocycles. The third-order valence-electron chi connectivity index (χ3n) is 3.08. The van der Waals surface area contributed by atoms with Crippen LogP contribution in [0.5, 0.6) is 11.5 Å². The summed E-state index contributed by atoms with van der Waals surface area (Å²) >= 11 is 0. The Morgan fingerprint density at radius 2 is 2.12 bits per heavy atom. The zero-order valence-electron chi connectivity index (χ0n) is 14.8. The van der Waals surface area contributed by atoms with E-state index in [9.17, 15) is 14.9 Å². The number of hydrogen-bond donors (Lipinski definition) is 2. The Kier molecular flexibility index (Phi) is 5.89. The molecule has 1 heterocycles. The molecule has 2 aromatic rings. The van der Waals surface area contributed by atoms with Crippen LogP contribution in [0.4, 0.5) is 11.6 Å². The largest absolute Gasteiger partial charge is 0.493 e. The molecule has 0 saturated heterocycles. The molecule has 0 aliphatic heterocycles. The van der Waals surface area contributed by atoms with Crippen molar-refractivity contribution in [3.05, 3.63) is 49.9 Å². The van der Waals surface area contributed by atoms with Gasteiger partial charge in [0.15, 0.2) is 5.75 Å². The maximum Gasteiger partial charge on any atom is 0.315 e. The average molecular weight is 361 g/mol. The highest BCUT2D eigenvalue weighted by Crippen LogP contribution is 2.38. The average Bonchev–Trinajstić information content (AvgIpc) is 2.54. The Balaban J connectivity index is 2.32. The minimum atomic E-state index is -0.551. The lowest BCUT2D eigenvalue weighted by molar-refractivity contribution is -0.386. The first kappa shape index (κ1) is 18.9. The number of hydrazone groups is 1. The van der Waals surface area contributed by atoms with Gasteiger partial charge in [0, 0.05) is 23.4 Å². The quantitative estimate of drug-likeness (QED) is 0.439. The predicted molar refractivity (Wildman–Crippen MR) is 96.2 cm³/mol. The molecule has 26 heavy (non-hydrogen) atoms. The van der Waals surface area contributed by atoms with Gasteiger partial charge in [0.1, 0.15) is 0 Å². The second-order valence-corrected chi connectivity index (χ2v) is 5.60. The highest BCUT2D eigenvalue weighted by molar-refractivity contribution is 5.83. The third-order valence-corrected chi connectivity index (χ3v) is 3.08. The van der Waals surface area contributed by atoms with Gasteiger partial charge in [-0.3, -0.25) is 19.9 Å². The number of anilines is 1. The van der Waals surface area contributed by atoms with Crippen LogP contribution in [-0.2, 0) is 0 Å². The van der Waals surface area contributed by atoms with Crippen LogP contribution in [-0.4, -0.2) is 34.3 Å². The lowest BCUT2D eigenvalue weighted by Gasteiger charge is -2.14. The van der Waals surface area contributed by atoms with Gasteiger partial charge in [-0.15, -0.1) is 0 Å². The fourth-order valence-corrected chi connectivity index (χ4v) is 2.12. The van der Waals surface area contributed by atoms with Crippen molar-refractivity contribution >= 4 is 17.9 Å². The minimum absolute atomic E-state index is 0.0577. The second kappa shape index (κ2) is 8.10. The van der Waals surface area contributed by atoms with Gasteiger partial charge in [-0.1, -0.05) is 0 Å². The zero-order chi connectivity index (χ0) is 19.3. The van der Waals surface area contributed by atoms with E-state index in [4.69, 9.17) is 9.47 Å². The van der Waals surface area contributed by atoms with Crippen molar-refractivity contribution in [2.24, 2.45) is 5.10 Å². The van der Waals surface area contributed by atoms with Gasteiger partial charge in [0.05, 0.1) is 24.4 Å². The molecule has 0 aliphatic carbocycles. The molecular weight excluding hydrogens is 342 g/mol. The van der Waals surface area contributed by atoms with E-state index in [1.165, 1.54) is 25.5 Å². The number of H-pyrrole nitrogens is 1. The number of nitrogens with one attached hydrogen (secondary N) is 2. The Morgan fingerprint density at radius 1 is 1.38 bits per heavy atom. The van der Waals surface area contributed by atoms with Crippen LogP contribution < -0.4 is 20.5 Å². The van der Waals surface area contributed by atoms with Crippen molar-refractivity contribution in [1.29, 1.82) is 0 Å². The molecule has 0 aliphatic rings. The Labute approximate surface area is 149 Å². The molecule has 1 aromatic heterocycles. The normalized spacial score (nSPS) is 11.0. The molecule has 10 heteroatoms. The number of benzene rings is 1. The number of methoxy groups -OCH3 is 1. The monoisotopic (exact) mass is 361 g/mol. The first-order valence-corrected chi connectivity index (χ1v) is 7.70.